The van der Waals surface area contributed by atoms with Crippen LogP contribution in [0, 0.1) is 12.3 Å². The third kappa shape index (κ3) is 6.94. The standard InChI is InChI=1S/C12H22O2/c1-5-8-9-10-11(4)14-12(6-2)13-7-3/h1,11-12H,6-10H2,2-4H3. The van der Waals surface area contributed by atoms with E-state index in [9.17, 15) is 0 Å². The Hall–Kier alpha value is -0.520. The molecule has 82 valence electrons. The molecule has 0 N–H and O–H groups in total. The zero-order chi connectivity index (χ0) is 10.8. The van der Waals surface area contributed by atoms with E-state index in [-0.39, 0.29) is 12.4 Å². The van der Waals surface area contributed by atoms with Crippen molar-refractivity contribution in [2.45, 2.75) is 58.8 Å². The smallest absolute Gasteiger partial charge is 0.157 e. The largest absolute Gasteiger partial charge is 0.353 e. The summed E-state index contributed by atoms with van der Waals surface area (Å²) < 4.78 is 11.1. The highest BCUT2D eigenvalue weighted by Crippen LogP contribution is 2.09. The molecular formula is C12H22O2. The molecule has 2 atom stereocenters. The minimum atomic E-state index is -0.0548. The minimum absolute atomic E-state index is 0.0548. The van der Waals surface area contributed by atoms with Gasteiger partial charge in [-0.05, 0) is 33.1 Å². The lowest BCUT2D eigenvalue weighted by molar-refractivity contribution is -0.166. The van der Waals surface area contributed by atoms with Gasteiger partial charge in [0.1, 0.15) is 0 Å². The van der Waals surface area contributed by atoms with Gasteiger partial charge in [-0.15, -0.1) is 12.3 Å². The number of hydrogen-bond donors (Lipinski definition) is 0. The van der Waals surface area contributed by atoms with Crippen molar-refractivity contribution in [2.75, 3.05) is 6.61 Å². The normalized spacial score (nSPS) is 14.7. The van der Waals surface area contributed by atoms with Crippen LogP contribution in [0.25, 0.3) is 0 Å². The molecule has 2 nitrogen and oxygen atoms in total. The highest BCUT2D eigenvalue weighted by molar-refractivity contribution is 4.83. The summed E-state index contributed by atoms with van der Waals surface area (Å²) in [5.74, 6) is 2.63. The Balaban J connectivity index is 3.57. The molecular weight excluding hydrogens is 176 g/mol. The van der Waals surface area contributed by atoms with Gasteiger partial charge in [0, 0.05) is 13.0 Å². The summed E-state index contributed by atoms with van der Waals surface area (Å²) in [6.07, 6.45) is 9.12. The topological polar surface area (TPSA) is 18.5 Å². The van der Waals surface area contributed by atoms with Crippen LogP contribution in [0.3, 0.4) is 0 Å². The Labute approximate surface area is 88.0 Å². The van der Waals surface area contributed by atoms with E-state index in [4.69, 9.17) is 15.9 Å². The van der Waals surface area contributed by atoms with Crippen LogP contribution < -0.4 is 0 Å². The van der Waals surface area contributed by atoms with Crippen LogP contribution >= 0.6 is 0 Å². The van der Waals surface area contributed by atoms with Crippen molar-refractivity contribution < 1.29 is 9.47 Å². The second kappa shape index (κ2) is 9.05. The van der Waals surface area contributed by atoms with E-state index in [1.807, 2.05) is 6.92 Å². The predicted octanol–water partition coefficient (Wildman–Crippen LogP) is 2.97. The van der Waals surface area contributed by atoms with Crippen LogP contribution in [-0.4, -0.2) is 19.0 Å². The van der Waals surface area contributed by atoms with Crippen LogP contribution in [-0.2, 0) is 9.47 Å². The van der Waals surface area contributed by atoms with E-state index >= 15 is 0 Å². The summed E-state index contributed by atoms with van der Waals surface area (Å²) in [6, 6.07) is 0. The maximum Gasteiger partial charge on any atom is 0.157 e. The number of unbranched alkanes of at least 4 members (excludes halogenated alkanes) is 1. The molecule has 0 rings (SSSR count). The summed E-state index contributed by atoms with van der Waals surface area (Å²) in [7, 11) is 0. The molecule has 0 saturated carbocycles. The lowest BCUT2D eigenvalue weighted by Gasteiger charge is -2.20. The van der Waals surface area contributed by atoms with E-state index in [2.05, 4.69) is 19.8 Å². The Kier molecular flexibility index (Phi) is 8.72. The zero-order valence-electron chi connectivity index (χ0n) is 9.58. The van der Waals surface area contributed by atoms with E-state index in [0.717, 1.165) is 25.7 Å². The molecule has 0 amide bonds. The van der Waals surface area contributed by atoms with Gasteiger partial charge in [-0.25, -0.2) is 0 Å². The van der Waals surface area contributed by atoms with Crippen LogP contribution in [0.4, 0.5) is 0 Å². The molecule has 0 spiro atoms. The van der Waals surface area contributed by atoms with Gasteiger partial charge in [0.2, 0.25) is 0 Å². The van der Waals surface area contributed by atoms with Gasteiger partial charge in [-0.1, -0.05) is 6.92 Å². The summed E-state index contributed by atoms with van der Waals surface area (Å²) in [5, 5.41) is 0. The molecule has 14 heavy (non-hydrogen) atoms. The first-order valence-corrected chi connectivity index (χ1v) is 5.45. The Bertz CT molecular complexity index is 160. The van der Waals surface area contributed by atoms with Gasteiger partial charge in [-0.3, -0.25) is 0 Å². The summed E-state index contributed by atoms with van der Waals surface area (Å²) in [4.78, 5) is 0. The lowest BCUT2D eigenvalue weighted by atomic mass is 10.2. The van der Waals surface area contributed by atoms with Crippen LogP contribution in [0.15, 0.2) is 0 Å². The molecule has 0 bridgehead atoms. The third-order valence-electron chi connectivity index (χ3n) is 2.00. The van der Waals surface area contributed by atoms with Gasteiger partial charge in [-0.2, -0.15) is 0 Å². The van der Waals surface area contributed by atoms with Crippen LogP contribution in [0.2, 0.25) is 0 Å². The molecule has 0 aliphatic heterocycles. The quantitative estimate of drug-likeness (QED) is 0.339. The predicted molar refractivity (Wildman–Crippen MR) is 58.9 cm³/mol. The van der Waals surface area contributed by atoms with Gasteiger partial charge >= 0.3 is 0 Å². The summed E-state index contributed by atoms with van der Waals surface area (Å²) in [5.41, 5.74) is 0. The van der Waals surface area contributed by atoms with E-state index < -0.39 is 0 Å². The Morgan fingerprint density at radius 3 is 2.57 bits per heavy atom. The van der Waals surface area contributed by atoms with E-state index in [0.29, 0.717) is 6.61 Å². The SMILES string of the molecule is C#CCCCC(C)OC(CC)OCC. The Morgan fingerprint density at radius 1 is 1.36 bits per heavy atom. The summed E-state index contributed by atoms with van der Waals surface area (Å²) in [6.45, 7) is 6.82. The van der Waals surface area contributed by atoms with Gasteiger partial charge in [0.05, 0.1) is 6.10 Å². The maximum absolute atomic E-state index is 5.70. The first-order chi connectivity index (χ1) is 6.74. The molecule has 2 heteroatoms. The van der Waals surface area contributed by atoms with Gasteiger partial charge < -0.3 is 9.47 Å². The van der Waals surface area contributed by atoms with E-state index in [1.54, 1.807) is 0 Å². The average Bonchev–Trinajstić information content (AvgIpc) is 2.17. The van der Waals surface area contributed by atoms with Crippen molar-refractivity contribution >= 4 is 0 Å². The second-order valence-corrected chi connectivity index (χ2v) is 3.34. The van der Waals surface area contributed by atoms with Crippen molar-refractivity contribution in [3.63, 3.8) is 0 Å². The molecule has 0 fully saturated rings. The van der Waals surface area contributed by atoms with Crippen molar-refractivity contribution in [3.8, 4) is 12.3 Å². The number of terminal acetylenes is 1. The van der Waals surface area contributed by atoms with Crippen LogP contribution in [0.1, 0.15) is 46.5 Å². The number of rotatable bonds is 8. The molecule has 0 aromatic rings. The molecule has 0 aliphatic carbocycles. The summed E-state index contributed by atoms with van der Waals surface area (Å²) >= 11 is 0. The fraction of sp³-hybridized carbons (Fsp3) is 0.833. The monoisotopic (exact) mass is 198 g/mol. The molecule has 0 saturated heterocycles. The van der Waals surface area contributed by atoms with Crippen molar-refractivity contribution in [1.82, 2.24) is 0 Å². The first-order valence-electron chi connectivity index (χ1n) is 5.45. The molecule has 0 radical (unpaired) electrons. The van der Waals surface area contributed by atoms with Crippen molar-refractivity contribution in [2.24, 2.45) is 0 Å². The minimum Gasteiger partial charge on any atom is -0.353 e. The average molecular weight is 198 g/mol. The highest BCUT2D eigenvalue weighted by Gasteiger charge is 2.10. The molecule has 2 unspecified atom stereocenters. The molecule has 0 heterocycles. The number of ether oxygens (including phenoxy) is 2. The van der Waals surface area contributed by atoms with Gasteiger partial charge in [0.25, 0.3) is 0 Å². The third-order valence-corrected chi connectivity index (χ3v) is 2.00. The fourth-order valence-corrected chi connectivity index (χ4v) is 1.26. The molecule has 0 aromatic carbocycles. The molecule has 0 aromatic heterocycles. The van der Waals surface area contributed by atoms with Crippen LogP contribution in [0.5, 0.6) is 0 Å². The van der Waals surface area contributed by atoms with Crippen molar-refractivity contribution in [3.05, 3.63) is 0 Å². The van der Waals surface area contributed by atoms with E-state index in [1.165, 1.54) is 0 Å². The maximum atomic E-state index is 5.70. The van der Waals surface area contributed by atoms with Gasteiger partial charge in [0.15, 0.2) is 6.29 Å². The Morgan fingerprint density at radius 2 is 2.07 bits per heavy atom. The highest BCUT2D eigenvalue weighted by atomic mass is 16.7. The lowest BCUT2D eigenvalue weighted by Crippen LogP contribution is -2.22. The second-order valence-electron chi connectivity index (χ2n) is 3.34. The molecule has 0 aliphatic rings. The number of hydrogen-bond acceptors (Lipinski definition) is 2. The first kappa shape index (κ1) is 13.5. The zero-order valence-corrected chi connectivity index (χ0v) is 9.58. The van der Waals surface area contributed by atoms with Crippen molar-refractivity contribution in [1.29, 1.82) is 0 Å². The fourth-order valence-electron chi connectivity index (χ4n) is 1.26.